The predicted molar refractivity (Wildman–Crippen MR) is 61.2 cm³/mol. The van der Waals surface area contributed by atoms with Crippen LogP contribution < -0.4 is 5.32 Å². The number of nitrogens with one attached hydrogen (secondary N) is 1. The first-order valence-corrected chi connectivity index (χ1v) is 5.34. The van der Waals surface area contributed by atoms with Crippen molar-refractivity contribution in [2.45, 2.75) is 20.3 Å². The summed E-state index contributed by atoms with van der Waals surface area (Å²) in [4.78, 5) is 0. The van der Waals surface area contributed by atoms with E-state index in [-0.39, 0.29) is 5.82 Å². The maximum absolute atomic E-state index is 13.2. The van der Waals surface area contributed by atoms with Crippen LogP contribution in [0.2, 0.25) is 0 Å². The number of hydrogen-bond donors (Lipinski definition) is 1. The molecular weight excluding hydrogens is 189 g/mol. The standard InChI is InChI=1S/C13H16FN/c1-9-3-4-11(14)7-12(9)13-8-15-6-5-10(13)2/h3-4,7,15H,5-6,8H2,1-2H3. The third-order valence-electron chi connectivity index (χ3n) is 3.02. The number of benzene rings is 1. The molecule has 2 rings (SSSR count). The summed E-state index contributed by atoms with van der Waals surface area (Å²) < 4.78 is 13.2. The molecule has 0 radical (unpaired) electrons. The maximum Gasteiger partial charge on any atom is 0.123 e. The molecule has 80 valence electrons. The molecule has 2 heteroatoms. The normalized spacial score (nSPS) is 17.0. The largest absolute Gasteiger partial charge is 0.312 e. The fourth-order valence-electron chi connectivity index (χ4n) is 2.04. The summed E-state index contributed by atoms with van der Waals surface area (Å²) in [5, 5.41) is 3.33. The lowest BCUT2D eigenvalue weighted by atomic mass is 9.93. The molecule has 0 unspecified atom stereocenters. The van der Waals surface area contributed by atoms with E-state index in [9.17, 15) is 4.39 Å². The van der Waals surface area contributed by atoms with Gasteiger partial charge in [0, 0.05) is 6.54 Å². The van der Waals surface area contributed by atoms with Gasteiger partial charge in [0.2, 0.25) is 0 Å². The van der Waals surface area contributed by atoms with E-state index in [1.165, 1.54) is 17.2 Å². The minimum atomic E-state index is -0.151. The number of halogens is 1. The molecule has 1 aromatic rings. The van der Waals surface area contributed by atoms with Gasteiger partial charge in [-0.3, -0.25) is 0 Å². The summed E-state index contributed by atoms with van der Waals surface area (Å²) in [6.07, 6.45) is 1.06. The van der Waals surface area contributed by atoms with Crippen LogP contribution in [0.15, 0.2) is 23.8 Å². The van der Waals surface area contributed by atoms with E-state index in [4.69, 9.17) is 0 Å². The Morgan fingerprint density at radius 2 is 2.07 bits per heavy atom. The zero-order valence-electron chi connectivity index (χ0n) is 9.23. The van der Waals surface area contributed by atoms with Gasteiger partial charge in [0.15, 0.2) is 0 Å². The molecule has 0 fully saturated rings. The molecule has 1 aliphatic heterocycles. The SMILES string of the molecule is CC1=C(c2cc(F)ccc2C)CNCC1. The highest BCUT2D eigenvalue weighted by atomic mass is 19.1. The van der Waals surface area contributed by atoms with Crippen LogP contribution in [0.3, 0.4) is 0 Å². The van der Waals surface area contributed by atoms with E-state index in [1.807, 2.05) is 13.0 Å². The molecule has 1 aromatic carbocycles. The van der Waals surface area contributed by atoms with Gasteiger partial charge in [-0.2, -0.15) is 0 Å². The molecule has 0 saturated heterocycles. The van der Waals surface area contributed by atoms with E-state index in [0.29, 0.717) is 0 Å². The molecule has 1 N–H and O–H groups in total. The first-order chi connectivity index (χ1) is 7.18. The minimum Gasteiger partial charge on any atom is -0.312 e. The lowest BCUT2D eigenvalue weighted by molar-refractivity contribution is 0.626. The van der Waals surface area contributed by atoms with Gasteiger partial charge >= 0.3 is 0 Å². The van der Waals surface area contributed by atoms with Crippen LogP contribution in [0.4, 0.5) is 4.39 Å². The van der Waals surface area contributed by atoms with Gasteiger partial charge in [0.05, 0.1) is 0 Å². The fourth-order valence-corrected chi connectivity index (χ4v) is 2.04. The quantitative estimate of drug-likeness (QED) is 0.743. The van der Waals surface area contributed by atoms with Gasteiger partial charge in [-0.1, -0.05) is 11.6 Å². The average Bonchev–Trinajstić information content (AvgIpc) is 2.23. The molecule has 0 atom stereocenters. The van der Waals surface area contributed by atoms with Crippen molar-refractivity contribution in [2.75, 3.05) is 13.1 Å². The van der Waals surface area contributed by atoms with Crippen molar-refractivity contribution in [3.05, 3.63) is 40.7 Å². The third kappa shape index (κ3) is 2.10. The Bertz CT molecular complexity index is 407. The molecule has 1 heterocycles. The number of aryl methyl sites for hydroxylation is 1. The van der Waals surface area contributed by atoms with Gasteiger partial charge < -0.3 is 5.32 Å². The number of hydrogen-bond acceptors (Lipinski definition) is 1. The minimum absolute atomic E-state index is 0.151. The van der Waals surface area contributed by atoms with Crippen LogP contribution in [0.5, 0.6) is 0 Å². The molecule has 0 saturated carbocycles. The fraction of sp³-hybridized carbons (Fsp3) is 0.385. The molecule has 15 heavy (non-hydrogen) atoms. The van der Waals surface area contributed by atoms with Crippen molar-refractivity contribution < 1.29 is 4.39 Å². The smallest absolute Gasteiger partial charge is 0.123 e. The lowest BCUT2D eigenvalue weighted by Gasteiger charge is -2.20. The predicted octanol–water partition coefficient (Wildman–Crippen LogP) is 2.90. The van der Waals surface area contributed by atoms with Crippen LogP contribution in [0.1, 0.15) is 24.5 Å². The van der Waals surface area contributed by atoms with Crippen LogP contribution in [0.25, 0.3) is 5.57 Å². The zero-order valence-corrected chi connectivity index (χ0v) is 9.23. The first kappa shape index (κ1) is 10.4. The van der Waals surface area contributed by atoms with Crippen LogP contribution >= 0.6 is 0 Å². The lowest BCUT2D eigenvalue weighted by Crippen LogP contribution is -2.24. The molecule has 0 aliphatic carbocycles. The van der Waals surface area contributed by atoms with Crippen molar-refractivity contribution in [3.8, 4) is 0 Å². The van der Waals surface area contributed by atoms with Crippen molar-refractivity contribution in [3.63, 3.8) is 0 Å². The van der Waals surface area contributed by atoms with E-state index in [0.717, 1.165) is 30.6 Å². The Labute approximate surface area is 90.0 Å². The summed E-state index contributed by atoms with van der Waals surface area (Å²) in [7, 11) is 0. The zero-order chi connectivity index (χ0) is 10.8. The molecule has 0 amide bonds. The third-order valence-corrected chi connectivity index (χ3v) is 3.02. The molecule has 0 bridgehead atoms. The first-order valence-electron chi connectivity index (χ1n) is 5.34. The van der Waals surface area contributed by atoms with Crippen LogP contribution in [0, 0.1) is 12.7 Å². The van der Waals surface area contributed by atoms with Crippen molar-refractivity contribution in [2.24, 2.45) is 0 Å². The van der Waals surface area contributed by atoms with Gasteiger partial charge in [0.1, 0.15) is 5.82 Å². The van der Waals surface area contributed by atoms with E-state index in [2.05, 4.69) is 12.2 Å². The highest BCUT2D eigenvalue weighted by Gasteiger charge is 2.12. The second kappa shape index (κ2) is 4.15. The van der Waals surface area contributed by atoms with Crippen molar-refractivity contribution in [1.29, 1.82) is 0 Å². The highest BCUT2D eigenvalue weighted by Crippen LogP contribution is 2.25. The second-order valence-corrected chi connectivity index (χ2v) is 4.14. The summed E-state index contributed by atoms with van der Waals surface area (Å²) in [5.74, 6) is -0.151. The molecule has 1 nitrogen and oxygen atoms in total. The number of rotatable bonds is 1. The molecule has 0 aromatic heterocycles. The monoisotopic (exact) mass is 205 g/mol. The molecule has 1 aliphatic rings. The van der Waals surface area contributed by atoms with Crippen LogP contribution in [-0.2, 0) is 0 Å². The Hall–Kier alpha value is -1.15. The Morgan fingerprint density at radius 3 is 2.80 bits per heavy atom. The van der Waals surface area contributed by atoms with Gasteiger partial charge in [0.25, 0.3) is 0 Å². The highest BCUT2D eigenvalue weighted by molar-refractivity contribution is 5.72. The molecular formula is C13H16FN. The topological polar surface area (TPSA) is 12.0 Å². The maximum atomic E-state index is 13.2. The van der Waals surface area contributed by atoms with Crippen LogP contribution in [-0.4, -0.2) is 13.1 Å². The summed E-state index contributed by atoms with van der Waals surface area (Å²) in [6.45, 7) is 6.06. The Morgan fingerprint density at radius 1 is 1.27 bits per heavy atom. The Balaban J connectivity index is 2.48. The second-order valence-electron chi connectivity index (χ2n) is 4.14. The van der Waals surface area contributed by atoms with Gasteiger partial charge in [-0.05, 0) is 55.6 Å². The molecule has 0 spiro atoms. The van der Waals surface area contributed by atoms with Crippen molar-refractivity contribution in [1.82, 2.24) is 5.32 Å². The van der Waals surface area contributed by atoms with Crippen molar-refractivity contribution >= 4 is 5.57 Å². The van der Waals surface area contributed by atoms with Gasteiger partial charge in [-0.25, -0.2) is 4.39 Å². The Kier molecular flexibility index (Phi) is 2.87. The summed E-state index contributed by atoms with van der Waals surface area (Å²) in [5.41, 5.74) is 4.84. The average molecular weight is 205 g/mol. The van der Waals surface area contributed by atoms with Gasteiger partial charge in [-0.15, -0.1) is 0 Å². The van der Waals surface area contributed by atoms with E-state index >= 15 is 0 Å². The summed E-state index contributed by atoms with van der Waals surface area (Å²) in [6, 6.07) is 5.01. The summed E-state index contributed by atoms with van der Waals surface area (Å²) >= 11 is 0. The van der Waals surface area contributed by atoms with E-state index in [1.54, 1.807) is 6.07 Å². The van der Waals surface area contributed by atoms with E-state index < -0.39 is 0 Å².